The summed E-state index contributed by atoms with van der Waals surface area (Å²) < 4.78 is 3.82. The number of hydrogen-bond donors (Lipinski definition) is 3. The first-order valence-corrected chi connectivity index (χ1v) is 14.5. The number of nitrogens with zero attached hydrogens (tertiary/aromatic N) is 6. The summed E-state index contributed by atoms with van der Waals surface area (Å²) in [5.74, 6) is 1.75. The fourth-order valence-electron chi connectivity index (χ4n) is 6.38. The number of carbonyl (C=O) groups is 1. The molecule has 0 bridgehead atoms. The molecule has 1 saturated carbocycles. The maximum absolute atomic E-state index is 11.7. The van der Waals surface area contributed by atoms with E-state index in [2.05, 4.69) is 50.1 Å². The highest BCUT2D eigenvalue weighted by Crippen LogP contribution is 2.37. The van der Waals surface area contributed by atoms with Gasteiger partial charge in [0.2, 0.25) is 5.91 Å². The third-order valence-electron chi connectivity index (χ3n) is 8.47. The van der Waals surface area contributed by atoms with Crippen molar-refractivity contribution in [2.24, 2.45) is 0 Å². The van der Waals surface area contributed by atoms with E-state index in [0.717, 1.165) is 60.9 Å². The summed E-state index contributed by atoms with van der Waals surface area (Å²) in [5, 5.41) is 11.3. The zero-order chi connectivity index (χ0) is 28.6. The molecule has 5 aromatic rings. The molecule has 1 aromatic carbocycles. The maximum Gasteiger partial charge on any atom is 0.243 e. The van der Waals surface area contributed by atoms with Gasteiger partial charge in [0.05, 0.1) is 5.56 Å². The number of aryl methyl sites for hydroxylation is 1. The number of nitrogen functional groups attached to an aromatic ring is 1. The van der Waals surface area contributed by atoms with Crippen LogP contribution in [0.5, 0.6) is 0 Å². The Labute approximate surface area is 243 Å². The number of pyridine rings is 2. The Morgan fingerprint density at radius 1 is 1.00 bits per heavy atom. The number of rotatable bonds is 7. The molecule has 0 radical (unpaired) electrons. The number of nitrogens with two attached hydrogens (primary N) is 1. The van der Waals surface area contributed by atoms with Crippen LogP contribution in [0.2, 0.25) is 0 Å². The molecule has 2 aliphatic carbocycles. The molecule has 4 aromatic heterocycles. The van der Waals surface area contributed by atoms with Crippen LogP contribution in [0.25, 0.3) is 34.1 Å². The van der Waals surface area contributed by atoms with Crippen LogP contribution >= 0.6 is 0 Å². The SMILES string of the molecule is C=CC(=O)NC1CCC(N[C@H]2CCc3cc(-n4c(-c5cccnc5N)nc5ccc(-n6cccn6)nc54)ccc32)CC1. The van der Waals surface area contributed by atoms with Crippen molar-refractivity contribution in [2.75, 3.05) is 5.73 Å². The smallest absolute Gasteiger partial charge is 0.243 e. The van der Waals surface area contributed by atoms with Crippen molar-refractivity contribution < 1.29 is 4.79 Å². The van der Waals surface area contributed by atoms with E-state index in [9.17, 15) is 4.79 Å². The van der Waals surface area contributed by atoms with Crippen molar-refractivity contribution in [3.63, 3.8) is 0 Å². The summed E-state index contributed by atoms with van der Waals surface area (Å²) in [7, 11) is 0. The van der Waals surface area contributed by atoms with Gasteiger partial charge in [-0.3, -0.25) is 9.36 Å². The number of imidazole rings is 1. The molecule has 0 spiro atoms. The molecule has 42 heavy (non-hydrogen) atoms. The second kappa shape index (κ2) is 10.9. The van der Waals surface area contributed by atoms with Gasteiger partial charge in [0.25, 0.3) is 0 Å². The third-order valence-corrected chi connectivity index (χ3v) is 8.47. The Kier molecular flexibility index (Phi) is 6.75. The summed E-state index contributed by atoms with van der Waals surface area (Å²) >= 11 is 0. The van der Waals surface area contributed by atoms with Gasteiger partial charge in [0.1, 0.15) is 11.3 Å². The first-order valence-electron chi connectivity index (χ1n) is 14.5. The van der Waals surface area contributed by atoms with Gasteiger partial charge in [0.15, 0.2) is 17.3 Å². The molecule has 10 heteroatoms. The van der Waals surface area contributed by atoms with Gasteiger partial charge in [-0.05, 0) is 98.2 Å². The van der Waals surface area contributed by atoms with Crippen LogP contribution < -0.4 is 16.4 Å². The van der Waals surface area contributed by atoms with Crippen LogP contribution in [-0.2, 0) is 11.2 Å². The zero-order valence-electron chi connectivity index (χ0n) is 23.3. The number of carbonyl (C=O) groups excluding carboxylic acids is 1. The summed E-state index contributed by atoms with van der Waals surface area (Å²) in [6, 6.07) is 17.2. The minimum atomic E-state index is -0.0835. The highest BCUT2D eigenvalue weighted by molar-refractivity contribution is 5.87. The van der Waals surface area contributed by atoms with Crippen LogP contribution in [0, 0.1) is 0 Å². The Hall–Kier alpha value is -4.83. The van der Waals surface area contributed by atoms with Gasteiger partial charge in [-0.15, -0.1) is 0 Å². The topological polar surface area (TPSA) is 129 Å². The van der Waals surface area contributed by atoms with Crippen LogP contribution in [0.3, 0.4) is 0 Å². The third kappa shape index (κ3) is 4.83. The standard InChI is InChI=1S/C32H33N9O/c1-2-29(42)37-22-9-7-21(8-10-22)36-26-13-6-20-19-23(11-12-24(20)26)41-31(25-5-3-16-34-30(25)33)38-27-14-15-28(39-32(27)41)40-18-4-17-35-40/h2-5,11-12,14-19,21-22,26,36H,1,6-10,13H2,(H2,33,34)(H,37,42)/t21?,22?,26-/m0/s1. The molecule has 0 aliphatic heterocycles. The second-order valence-corrected chi connectivity index (χ2v) is 11.1. The first kappa shape index (κ1) is 26.1. The van der Waals surface area contributed by atoms with Crippen LogP contribution in [0.15, 0.2) is 79.8 Å². The van der Waals surface area contributed by atoms with Gasteiger partial charge in [0, 0.05) is 42.4 Å². The maximum atomic E-state index is 11.7. The van der Waals surface area contributed by atoms with E-state index < -0.39 is 0 Å². The predicted octanol–water partition coefficient (Wildman–Crippen LogP) is 4.44. The molecule has 1 amide bonds. The number of nitrogens with one attached hydrogen (secondary N) is 2. The predicted molar refractivity (Wildman–Crippen MR) is 162 cm³/mol. The Morgan fingerprint density at radius 2 is 1.86 bits per heavy atom. The van der Waals surface area contributed by atoms with Crippen molar-refractivity contribution in [1.29, 1.82) is 0 Å². The summed E-state index contributed by atoms with van der Waals surface area (Å²) in [6.45, 7) is 3.56. The van der Waals surface area contributed by atoms with Crippen LogP contribution in [0.4, 0.5) is 5.82 Å². The summed E-state index contributed by atoms with van der Waals surface area (Å²) in [6.07, 6.45) is 12.8. The Balaban J connectivity index is 1.20. The largest absolute Gasteiger partial charge is 0.383 e. The van der Waals surface area contributed by atoms with Crippen molar-refractivity contribution in [1.82, 2.24) is 39.9 Å². The van der Waals surface area contributed by atoms with E-state index in [4.69, 9.17) is 15.7 Å². The molecular formula is C32H33N9O. The number of anilines is 1. The zero-order valence-corrected chi connectivity index (χ0v) is 23.3. The number of benzene rings is 1. The van der Waals surface area contributed by atoms with Crippen molar-refractivity contribution in [2.45, 2.75) is 56.7 Å². The average molecular weight is 560 g/mol. The number of fused-ring (bicyclic) bond motifs is 2. The van der Waals surface area contributed by atoms with E-state index >= 15 is 0 Å². The van der Waals surface area contributed by atoms with Gasteiger partial charge in [-0.2, -0.15) is 5.10 Å². The van der Waals surface area contributed by atoms with E-state index in [1.807, 2.05) is 36.5 Å². The summed E-state index contributed by atoms with van der Waals surface area (Å²) in [5.41, 5.74) is 12.2. The van der Waals surface area contributed by atoms with E-state index in [0.29, 0.717) is 29.5 Å². The van der Waals surface area contributed by atoms with E-state index in [-0.39, 0.29) is 11.9 Å². The minimum absolute atomic E-state index is 0.0835. The van der Waals surface area contributed by atoms with Gasteiger partial charge in [-0.1, -0.05) is 12.6 Å². The van der Waals surface area contributed by atoms with Crippen LogP contribution in [0.1, 0.15) is 49.3 Å². The lowest BCUT2D eigenvalue weighted by Crippen LogP contribution is -2.42. The quantitative estimate of drug-likeness (QED) is 0.252. The van der Waals surface area contributed by atoms with E-state index in [1.165, 1.54) is 17.2 Å². The number of amides is 1. The highest BCUT2D eigenvalue weighted by Gasteiger charge is 2.29. The second-order valence-electron chi connectivity index (χ2n) is 11.1. The molecule has 2 aliphatic rings. The molecule has 1 fully saturated rings. The lowest BCUT2D eigenvalue weighted by Gasteiger charge is -2.31. The normalized spacial score (nSPS) is 20.0. The molecule has 212 valence electrons. The van der Waals surface area contributed by atoms with Gasteiger partial charge < -0.3 is 16.4 Å². The Bertz CT molecular complexity index is 1770. The first-order chi connectivity index (χ1) is 20.6. The monoisotopic (exact) mass is 559 g/mol. The summed E-state index contributed by atoms with van der Waals surface area (Å²) in [4.78, 5) is 26.0. The number of hydrogen-bond acceptors (Lipinski definition) is 7. The fraction of sp³-hybridized carbons (Fsp3) is 0.281. The highest BCUT2D eigenvalue weighted by atomic mass is 16.1. The van der Waals surface area contributed by atoms with Crippen molar-refractivity contribution in [3.8, 4) is 22.9 Å². The van der Waals surface area contributed by atoms with Crippen molar-refractivity contribution >= 4 is 22.9 Å². The molecule has 0 saturated heterocycles. The fourth-order valence-corrected chi connectivity index (χ4v) is 6.38. The Morgan fingerprint density at radius 3 is 2.64 bits per heavy atom. The lowest BCUT2D eigenvalue weighted by atomic mass is 9.90. The van der Waals surface area contributed by atoms with Crippen molar-refractivity contribution in [3.05, 3.63) is 90.9 Å². The van der Waals surface area contributed by atoms with Gasteiger partial charge >= 0.3 is 0 Å². The molecular weight excluding hydrogens is 526 g/mol. The van der Waals surface area contributed by atoms with Gasteiger partial charge in [-0.25, -0.2) is 19.6 Å². The average Bonchev–Trinajstić information content (AvgIpc) is 3.77. The number of aromatic nitrogens is 6. The molecule has 7 rings (SSSR count). The van der Waals surface area contributed by atoms with Crippen LogP contribution in [-0.4, -0.2) is 47.3 Å². The lowest BCUT2D eigenvalue weighted by molar-refractivity contribution is -0.117. The molecule has 1 atom stereocenters. The molecule has 4 N–H and O–H groups in total. The molecule has 10 nitrogen and oxygen atoms in total. The molecule has 0 unspecified atom stereocenters. The minimum Gasteiger partial charge on any atom is -0.383 e. The van der Waals surface area contributed by atoms with E-state index in [1.54, 1.807) is 17.1 Å². The molecule has 4 heterocycles.